The van der Waals surface area contributed by atoms with Gasteiger partial charge in [-0.05, 0) is 20.8 Å². The number of rotatable bonds is 0. The summed E-state index contributed by atoms with van der Waals surface area (Å²) in [6, 6.07) is 0. The molecule has 16 heavy (non-hydrogen) atoms. The molecule has 0 N–H and O–H groups in total. The number of halogens is 1. The maximum absolute atomic E-state index is 13.1. The summed E-state index contributed by atoms with van der Waals surface area (Å²) in [5.74, 6) is -0.425. The van der Waals surface area contributed by atoms with E-state index in [2.05, 4.69) is 0 Å². The number of hydrogen-bond donors (Lipinski definition) is 0. The van der Waals surface area contributed by atoms with E-state index in [1.165, 1.54) is 4.90 Å². The molecule has 0 aromatic heterocycles. The van der Waals surface area contributed by atoms with Gasteiger partial charge in [0.05, 0.1) is 0 Å². The fourth-order valence-electron chi connectivity index (χ4n) is 1.45. The molecule has 1 heterocycles. The van der Waals surface area contributed by atoms with E-state index in [1.807, 2.05) is 0 Å². The van der Waals surface area contributed by atoms with Crippen molar-refractivity contribution in [2.75, 3.05) is 13.1 Å². The second kappa shape index (κ2) is 4.80. The van der Waals surface area contributed by atoms with Crippen LogP contribution in [-0.4, -0.2) is 41.6 Å². The van der Waals surface area contributed by atoms with Gasteiger partial charge in [0.1, 0.15) is 5.60 Å². The Balaban J connectivity index is 2.55. The Morgan fingerprint density at radius 3 is 2.62 bits per heavy atom. The van der Waals surface area contributed by atoms with Gasteiger partial charge in [-0.25, -0.2) is 9.18 Å². The van der Waals surface area contributed by atoms with Crippen LogP contribution in [0.3, 0.4) is 0 Å². The summed E-state index contributed by atoms with van der Waals surface area (Å²) in [5.41, 5.74) is -0.567. The third kappa shape index (κ3) is 3.79. The first-order valence-electron chi connectivity index (χ1n) is 5.44. The van der Waals surface area contributed by atoms with Crippen LogP contribution in [0.4, 0.5) is 9.18 Å². The van der Waals surface area contributed by atoms with Gasteiger partial charge >= 0.3 is 6.09 Å². The molecule has 0 saturated carbocycles. The van der Waals surface area contributed by atoms with Gasteiger partial charge in [0.25, 0.3) is 0 Å². The van der Waals surface area contributed by atoms with Crippen molar-refractivity contribution in [1.29, 1.82) is 0 Å². The van der Waals surface area contributed by atoms with Gasteiger partial charge in [-0.3, -0.25) is 4.79 Å². The molecule has 1 aliphatic rings. The lowest BCUT2D eigenvalue weighted by atomic mass is 10.2. The topological polar surface area (TPSA) is 46.6 Å². The molecule has 0 aliphatic carbocycles. The summed E-state index contributed by atoms with van der Waals surface area (Å²) in [7, 11) is 0. The molecule has 1 amide bonds. The number of Topliss-reactive ketones (excluding diaryl/α,β-unsaturated/α-hetero) is 1. The molecular weight excluding hydrogens is 213 g/mol. The Labute approximate surface area is 94.7 Å². The van der Waals surface area contributed by atoms with Crippen LogP contribution in [0.25, 0.3) is 0 Å². The zero-order valence-electron chi connectivity index (χ0n) is 9.96. The molecule has 0 aromatic rings. The minimum Gasteiger partial charge on any atom is -0.444 e. The molecule has 1 fully saturated rings. The predicted molar refractivity (Wildman–Crippen MR) is 56.9 cm³/mol. The average Bonchev–Trinajstić information content (AvgIpc) is 2.28. The predicted octanol–water partition coefficient (Wildman–Crippen LogP) is 1.92. The number of nitrogens with zero attached hydrogens (tertiary/aromatic N) is 1. The van der Waals surface area contributed by atoms with Gasteiger partial charge < -0.3 is 9.64 Å². The molecule has 4 nitrogen and oxygen atoms in total. The van der Waals surface area contributed by atoms with Gasteiger partial charge in [-0.1, -0.05) is 0 Å². The smallest absolute Gasteiger partial charge is 0.410 e. The standard InChI is InChI=1S/C11H18FNO3/c1-11(2,3)16-10(15)13-6-4-8(12)9(14)5-7-13/h8H,4-7H2,1-3H3/t8-/m1/s1. The summed E-state index contributed by atoms with van der Waals surface area (Å²) in [6.45, 7) is 5.79. The largest absolute Gasteiger partial charge is 0.444 e. The van der Waals surface area contributed by atoms with Crippen LogP contribution in [0.5, 0.6) is 0 Å². The lowest BCUT2D eigenvalue weighted by Crippen LogP contribution is -2.37. The number of amides is 1. The van der Waals surface area contributed by atoms with Gasteiger partial charge in [0.15, 0.2) is 12.0 Å². The Hall–Kier alpha value is -1.13. The monoisotopic (exact) mass is 231 g/mol. The molecule has 0 radical (unpaired) electrons. The van der Waals surface area contributed by atoms with E-state index in [9.17, 15) is 14.0 Å². The molecule has 1 saturated heterocycles. The molecule has 1 atom stereocenters. The van der Waals surface area contributed by atoms with Crippen molar-refractivity contribution in [2.45, 2.75) is 45.4 Å². The summed E-state index contributed by atoms with van der Waals surface area (Å²) in [5, 5.41) is 0. The maximum atomic E-state index is 13.1. The maximum Gasteiger partial charge on any atom is 0.410 e. The number of ether oxygens (including phenoxy) is 1. The molecule has 1 aliphatic heterocycles. The van der Waals surface area contributed by atoms with Crippen LogP contribution >= 0.6 is 0 Å². The summed E-state index contributed by atoms with van der Waals surface area (Å²) in [6.07, 6.45) is -1.78. The van der Waals surface area contributed by atoms with Gasteiger partial charge in [-0.15, -0.1) is 0 Å². The number of ketones is 1. The molecule has 92 valence electrons. The van der Waals surface area contributed by atoms with E-state index in [0.29, 0.717) is 0 Å². The van der Waals surface area contributed by atoms with Crippen molar-refractivity contribution in [1.82, 2.24) is 4.90 Å². The third-order valence-corrected chi connectivity index (χ3v) is 2.28. The van der Waals surface area contributed by atoms with Crippen molar-refractivity contribution in [3.05, 3.63) is 0 Å². The molecule has 1 rings (SSSR count). The fourth-order valence-corrected chi connectivity index (χ4v) is 1.45. The highest BCUT2D eigenvalue weighted by Gasteiger charge is 2.28. The van der Waals surface area contributed by atoms with E-state index >= 15 is 0 Å². The lowest BCUT2D eigenvalue weighted by Gasteiger charge is -2.26. The van der Waals surface area contributed by atoms with Gasteiger partial charge in [-0.2, -0.15) is 0 Å². The fraction of sp³-hybridized carbons (Fsp3) is 0.818. The molecule has 5 heteroatoms. The van der Waals surface area contributed by atoms with Gasteiger partial charge in [0, 0.05) is 25.9 Å². The van der Waals surface area contributed by atoms with Crippen LogP contribution in [0.2, 0.25) is 0 Å². The quantitative estimate of drug-likeness (QED) is 0.640. The van der Waals surface area contributed by atoms with E-state index < -0.39 is 23.6 Å². The molecule has 0 bridgehead atoms. The SMILES string of the molecule is CC(C)(C)OC(=O)N1CCC(=O)[C@H](F)CC1. The van der Waals surface area contributed by atoms with E-state index in [1.54, 1.807) is 20.8 Å². The summed E-state index contributed by atoms with van der Waals surface area (Å²) < 4.78 is 18.2. The molecule has 0 unspecified atom stereocenters. The average molecular weight is 231 g/mol. The van der Waals surface area contributed by atoms with Crippen molar-refractivity contribution in [3.63, 3.8) is 0 Å². The summed E-state index contributed by atoms with van der Waals surface area (Å²) >= 11 is 0. The number of carbonyl (C=O) groups is 2. The highest BCUT2D eigenvalue weighted by Crippen LogP contribution is 2.15. The Morgan fingerprint density at radius 2 is 2.06 bits per heavy atom. The first kappa shape index (κ1) is 12.9. The molecular formula is C11H18FNO3. The first-order chi connectivity index (χ1) is 7.29. The van der Waals surface area contributed by atoms with Crippen molar-refractivity contribution < 1.29 is 18.7 Å². The number of alkyl halides is 1. The first-order valence-corrected chi connectivity index (χ1v) is 5.44. The normalized spacial score (nSPS) is 22.9. The second-order valence-corrected chi connectivity index (χ2v) is 4.94. The number of likely N-dealkylation sites (tertiary alicyclic amines) is 1. The van der Waals surface area contributed by atoms with Crippen LogP contribution in [-0.2, 0) is 9.53 Å². The van der Waals surface area contributed by atoms with E-state index in [4.69, 9.17) is 4.74 Å². The Bertz CT molecular complexity index is 285. The number of hydrogen-bond acceptors (Lipinski definition) is 3. The van der Waals surface area contributed by atoms with Crippen molar-refractivity contribution >= 4 is 11.9 Å². The Morgan fingerprint density at radius 1 is 1.44 bits per heavy atom. The van der Waals surface area contributed by atoms with Gasteiger partial charge in [0.2, 0.25) is 0 Å². The minimum atomic E-state index is -1.44. The van der Waals surface area contributed by atoms with E-state index in [0.717, 1.165) is 0 Å². The van der Waals surface area contributed by atoms with Crippen molar-refractivity contribution in [2.24, 2.45) is 0 Å². The highest BCUT2D eigenvalue weighted by molar-refractivity contribution is 5.84. The number of carbonyl (C=O) groups excluding carboxylic acids is 2. The lowest BCUT2D eigenvalue weighted by molar-refractivity contribution is -0.123. The summed E-state index contributed by atoms with van der Waals surface area (Å²) in [4.78, 5) is 24.2. The van der Waals surface area contributed by atoms with Crippen LogP contribution in [0.1, 0.15) is 33.6 Å². The van der Waals surface area contributed by atoms with Crippen LogP contribution < -0.4 is 0 Å². The Kier molecular flexibility index (Phi) is 3.88. The molecule has 0 aromatic carbocycles. The minimum absolute atomic E-state index is 0.0675. The van der Waals surface area contributed by atoms with Crippen LogP contribution in [0, 0.1) is 0 Å². The van der Waals surface area contributed by atoms with Crippen molar-refractivity contribution in [3.8, 4) is 0 Å². The molecule has 0 spiro atoms. The van der Waals surface area contributed by atoms with Crippen LogP contribution in [0.15, 0.2) is 0 Å². The second-order valence-electron chi connectivity index (χ2n) is 4.94. The zero-order valence-corrected chi connectivity index (χ0v) is 9.96. The zero-order chi connectivity index (χ0) is 12.3. The highest BCUT2D eigenvalue weighted by atomic mass is 19.1. The van der Waals surface area contributed by atoms with E-state index in [-0.39, 0.29) is 25.9 Å². The third-order valence-electron chi connectivity index (χ3n) is 2.28.